The van der Waals surface area contributed by atoms with Crippen molar-refractivity contribution >= 4 is 17.8 Å². The Balaban J connectivity index is 1.93. The van der Waals surface area contributed by atoms with Gasteiger partial charge in [0.25, 0.3) is 0 Å². The van der Waals surface area contributed by atoms with E-state index in [-0.39, 0.29) is 36.9 Å². The van der Waals surface area contributed by atoms with E-state index in [9.17, 15) is 14.4 Å². The fourth-order valence-corrected chi connectivity index (χ4v) is 3.84. The molecule has 0 unspecified atom stereocenters. The molecule has 0 aromatic heterocycles. The molecule has 1 saturated heterocycles. The molecule has 7 nitrogen and oxygen atoms in total. The van der Waals surface area contributed by atoms with Crippen LogP contribution in [0.5, 0.6) is 0 Å². The van der Waals surface area contributed by atoms with Gasteiger partial charge in [-0.25, -0.2) is 4.79 Å². The molecular formula is C19H31NO6. The van der Waals surface area contributed by atoms with Crippen LogP contribution in [0.2, 0.25) is 0 Å². The van der Waals surface area contributed by atoms with Crippen molar-refractivity contribution in [3.8, 4) is 0 Å². The zero-order valence-electron chi connectivity index (χ0n) is 15.9. The van der Waals surface area contributed by atoms with E-state index in [1.807, 2.05) is 0 Å². The van der Waals surface area contributed by atoms with E-state index in [1.165, 1.54) is 26.4 Å². The summed E-state index contributed by atoms with van der Waals surface area (Å²) in [4.78, 5) is 37.7. The topological polar surface area (TPSA) is 82.1 Å². The first kappa shape index (κ1) is 20.7. The van der Waals surface area contributed by atoms with Gasteiger partial charge in [-0.05, 0) is 32.6 Å². The van der Waals surface area contributed by atoms with Gasteiger partial charge in [0, 0.05) is 12.5 Å². The summed E-state index contributed by atoms with van der Waals surface area (Å²) in [6, 6.07) is -0.200. The third-order valence-corrected chi connectivity index (χ3v) is 5.28. The van der Waals surface area contributed by atoms with E-state index in [4.69, 9.17) is 14.2 Å². The third-order valence-electron chi connectivity index (χ3n) is 5.28. The van der Waals surface area contributed by atoms with Crippen LogP contribution in [0.4, 0.5) is 4.79 Å². The lowest BCUT2D eigenvalue weighted by Crippen LogP contribution is -2.50. The molecule has 2 fully saturated rings. The molecule has 1 heterocycles. The Kier molecular flexibility index (Phi) is 8.35. The number of carbonyl (C=O) groups is 3. The van der Waals surface area contributed by atoms with E-state index in [2.05, 4.69) is 0 Å². The number of amides is 1. The Hall–Kier alpha value is -1.63. The Morgan fingerprint density at radius 1 is 1.08 bits per heavy atom. The summed E-state index contributed by atoms with van der Waals surface area (Å²) in [6.45, 7) is 2.83. The summed E-state index contributed by atoms with van der Waals surface area (Å²) in [5.41, 5.74) is 0. The van der Waals surface area contributed by atoms with Crippen molar-refractivity contribution in [1.82, 2.24) is 4.90 Å². The number of ketones is 1. The molecule has 0 bridgehead atoms. The summed E-state index contributed by atoms with van der Waals surface area (Å²) in [5.74, 6) is -0.848. The number of likely N-dealkylation sites (tertiary alicyclic amines) is 1. The van der Waals surface area contributed by atoms with Gasteiger partial charge >= 0.3 is 12.1 Å². The van der Waals surface area contributed by atoms with Crippen molar-refractivity contribution in [2.45, 2.75) is 70.4 Å². The molecule has 26 heavy (non-hydrogen) atoms. The van der Waals surface area contributed by atoms with Gasteiger partial charge in [0.1, 0.15) is 12.2 Å². The molecule has 0 radical (unpaired) electrons. The highest BCUT2D eigenvalue weighted by Crippen LogP contribution is 2.27. The fraction of sp³-hybridized carbons (Fsp3) is 0.842. The Morgan fingerprint density at radius 2 is 1.81 bits per heavy atom. The Bertz CT molecular complexity index is 488. The molecule has 1 aliphatic heterocycles. The van der Waals surface area contributed by atoms with Crippen molar-refractivity contribution in [3.05, 3.63) is 0 Å². The smallest absolute Gasteiger partial charge is 0.409 e. The maximum Gasteiger partial charge on any atom is 0.409 e. The highest BCUT2D eigenvalue weighted by Gasteiger charge is 2.36. The average molecular weight is 369 g/mol. The minimum atomic E-state index is -0.483. The molecule has 1 saturated carbocycles. The predicted octanol–water partition coefficient (Wildman–Crippen LogP) is 2.71. The number of rotatable bonds is 7. The van der Waals surface area contributed by atoms with Crippen LogP contribution in [0.25, 0.3) is 0 Å². The number of ether oxygens (including phenoxy) is 3. The van der Waals surface area contributed by atoms with Gasteiger partial charge < -0.3 is 19.1 Å². The molecule has 2 rings (SSSR count). The van der Waals surface area contributed by atoms with E-state index in [0.29, 0.717) is 26.0 Å². The molecule has 1 aliphatic carbocycles. The maximum atomic E-state index is 12.4. The minimum Gasteiger partial charge on any atom is -0.466 e. The molecule has 2 aliphatic rings. The number of nitrogens with zero attached hydrogens (tertiary/aromatic N) is 1. The number of carbonyl (C=O) groups excluding carboxylic acids is 3. The fourth-order valence-electron chi connectivity index (χ4n) is 3.84. The normalized spacial score (nSPS) is 24.2. The van der Waals surface area contributed by atoms with E-state index < -0.39 is 12.1 Å². The SMILES string of the molecule is CCOC(=O)CC(=O)[C@H]1CCN(C(=O)OC)[C@@H](COC2CCCCC2)C1. The van der Waals surface area contributed by atoms with Crippen LogP contribution in [0.1, 0.15) is 58.3 Å². The van der Waals surface area contributed by atoms with Crippen LogP contribution in [0.3, 0.4) is 0 Å². The predicted molar refractivity (Wildman–Crippen MR) is 94.7 cm³/mol. The number of Topliss-reactive ketones (excluding diaryl/α,β-unsaturated/α-hetero) is 1. The first-order valence-corrected chi connectivity index (χ1v) is 9.69. The number of hydrogen-bond acceptors (Lipinski definition) is 6. The number of piperidine rings is 1. The quantitative estimate of drug-likeness (QED) is 0.507. The highest BCUT2D eigenvalue weighted by molar-refractivity contribution is 5.96. The molecule has 7 heteroatoms. The second-order valence-electron chi connectivity index (χ2n) is 7.08. The van der Waals surface area contributed by atoms with Crippen LogP contribution in [0, 0.1) is 5.92 Å². The van der Waals surface area contributed by atoms with E-state index >= 15 is 0 Å². The second-order valence-corrected chi connectivity index (χ2v) is 7.08. The van der Waals surface area contributed by atoms with Crippen LogP contribution in [-0.4, -0.2) is 61.8 Å². The van der Waals surface area contributed by atoms with Crippen molar-refractivity contribution in [2.24, 2.45) is 5.92 Å². The average Bonchev–Trinajstić information content (AvgIpc) is 2.66. The van der Waals surface area contributed by atoms with Crippen molar-refractivity contribution in [2.75, 3.05) is 26.9 Å². The van der Waals surface area contributed by atoms with E-state index in [1.54, 1.807) is 11.8 Å². The number of methoxy groups -OCH3 is 1. The summed E-state index contributed by atoms with van der Waals surface area (Å²) < 4.78 is 15.8. The van der Waals surface area contributed by atoms with Gasteiger partial charge in [-0.1, -0.05) is 19.3 Å². The monoisotopic (exact) mass is 369 g/mol. The summed E-state index contributed by atoms with van der Waals surface area (Å²) in [6.07, 6.45) is 6.39. The number of esters is 1. The lowest BCUT2D eigenvalue weighted by Gasteiger charge is -2.38. The summed E-state index contributed by atoms with van der Waals surface area (Å²) in [5, 5.41) is 0. The maximum absolute atomic E-state index is 12.4. The van der Waals surface area contributed by atoms with Gasteiger partial charge in [-0.2, -0.15) is 0 Å². The standard InChI is InChI=1S/C19H31NO6/c1-3-25-18(22)12-17(21)14-9-10-20(19(23)24-2)15(11-14)13-26-16-7-5-4-6-8-16/h14-16H,3-13H2,1-2H3/t14-,15+/m0/s1. The van der Waals surface area contributed by atoms with Crippen molar-refractivity contribution in [1.29, 1.82) is 0 Å². The largest absolute Gasteiger partial charge is 0.466 e. The van der Waals surface area contributed by atoms with Crippen LogP contribution >= 0.6 is 0 Å². The zero-order valence-corrected chi connectivity index (χ0v) is 15.9. The van der Waals surface area contributed by atoms with Gasteiger partial charge in [0.15, 0.2) is 0 Å². The Labute approximate surface area is 155 Å². The molecule has 0 spiro atoms. The third kappa shape index (κ3) is 5.97. The highest BCUT2D eigenvalue weighted by atomic mass is 16.5. The van der Waals surface area contributed by atoms with Crippen molar-refractivity contribution < 1.29 is 28.6 Å². The number of hydrogen-bond donors (Lipinski definition) is 0. The molecular weight excluding hydrogens is 338 g/mol. The van der Waals surface area contributed by atoms with Crippen LogP contribution in [0.15, 0.2) is 0 Å². The van der Waals surface area contributed by atoms with Gasteiger partial charge in [0.05, 0.1) is 32.5 Å². The first-order chi connectivity index (χ1) is 12.5. The molecule has 1 amide bonds. The van der Waals surface area contributed by atoms with Crippen LogP contribution in [-0.2, 0) is 23.8 Å². The summed E-state index contributed by atoms with van der Waals surface area (Å²) in [7, 11) is 1.36. The molecule has 0 aromatic rings. The second kappa shape index (κ2) is 10.5. The van der Waals surface area contributed by atoms with Gasteiger partial charge in [-0.3, -0.25) is 9.59 Å². The van der Waals surface area contributed by atoms with Gasteiger partial charge in [0.2, 0.25) is 0 Å². The molecule has 2 atom stereocenters. The lowest BCUT2D eigenvalue weighted by molar-refractivity contribution is -0.146. The summed E-state index contributed by atoms with van der Waals surface area (Å²) >= 11 is 0. The molecule has 0 N–H and O–H groups in total. The first-order valence-electron chi connectivity index (χ1n) is 9.69. The lowest BCUT2D eigenvalue weighted by atomic mass is 9.86. The minimum absolute atomic E-state index is 0.115. The van der Waals surface area contributed by atoms with E-state index in [0.717, 1.165) is 12.8 Å². The molecule has 148 valence electrons. The molecule has 0 aromatic carbocycles. The van der Waals surface area contributed by atoms with Crippen molar-refractivity contribution in [3.63, 3.8) is 0 Å². The van der Waals surface area contributed by atoms with Crippen LogP contribution < -0.4 is 0 Å². The zero-order chi connectivity index (χ0) is 18.9. The van der Waals surface area contributed by atoms with Gasteiger partial charge in [-0.15, -0.1) is 0 Å². The Morgan fingerprint density at radius 3 is 2.46 bits per heavy atom.